The normalized spacial score (nSPS) is 19.6. The first-order chi connectivity index (χ1) is 7.71. The molecule has 0 unspecified atom stereocenters. The van der Waals surface area contributed by atoms with Gasteiger partial charge in [-0.3, -0.25) is 0 Å². The van der Waals surface area contributed by atoms with Crippen LogP contribution in [0.1, 0.15) is 25.0 Å². The second kappa shape index (κ2) is 3.10. The maximum absolute atomic E-state index is 3.14. The smallest absolute Gasteiger partial charge is 0.0159 e. The van der Waals surface area contributed by atoms with Crippen LogP contribution >= 0.6 is 0 Å². The summed E-state index contributed by atoms with van der Waals surface area (Å²) in [6, 6.07) is 8.68. The van der Waals surface area contributed by atoms with E-state index < -0.39 is 0 Å². The van der Waals surface area contributed by atoms with E-state index in [2.05, 4.69) is 56.0 Å². The van der Waals surface area contributed by atoms with Crippen LogP contribution in [0.3, 0.4) is 0 Å². The van der Waals surface area contributed by atoms with Crippen LogP contribution < -0.4 is 0 Å². The van der Waals surface area contributed by atoms with Gasteiger partial charge in [0.25, 0.3) is 0 Å². The molecule has 0 nitrogen and oxygen atoms in total. The van der Waals surface area contributed by atoms with E-state index >= 15 is 0 Å². The van der Waals surface area contributed by atoms with E-state index in [0.29, 0.717) is 0 Å². The van der Waals surface area contributed by atoms with Gasteiger partial charge in [0.1, 0.15) is 0 Å². The summed E-state index contributed by atoms with van der Waals surface area (Å²) in [7, 11) is 0. The first-order valence-electron chi connectivity index (χ1n) is 5.65. The first-order valence-corrected chi connectivity index (χ1v) is 5.65. The molecule has 1 aromatic carbocycles. The van der Waals surface area contributed by atoms with Gasteiger partial charge < -0.3 is 0 Å². The molecule has 0 radical (unpaired) electrons. The molecule has 0 bridgehead atoms. The zero-order valence-corrected chi connectivity index (χ0v) is 9.62. The highest BCUT2D eigenvalue weighted by Crippen LogP contribution is 2.49. The van der Waals surface area contributed by atoms with Gasteiger partial charge in [-0.2, -0.15) is 0 Å². The molecule has 2 aliphatic carbocycles. The monoisotopic (exact) mass is 206 g/mol. The van der Waals surface area contributed by atoms with Gasteiger partial charge in [0.05, 0.1) is 0 Å². The Bertz CT molecular complexity index is 574. The third-order valence-electron chi connectivity index (χ3n) is 3.55. The van der Waals surface area contributed by atoms with E-state index in [9.17, 15) is 0 Å². The number of rotatable bonds is 0. The Morgan fingerprint density at radius 3 is 2.62 bits per heavy atom. The molecule has 3 rings (SSSR count). The van der Waals surface area contributed by atoms with E-state index in [0.717, 1.165) is 0 Å². The third kappa shape index (κ3) is 1.11. The average Bonchev–Trinajstić information content (AvgIpc) is 2.50. The summed E-state index contributed by atoms with van der Waals surface area (Å²) in [5, 5.41) is 0. The Morgan fingerprint density at radius 2 is 1.75 bits per heavy atom. The Balaban J connectivity index is 2.36. The van der Waals surface area contributed by atoms with E-state index in [-0.39, 0.29) is 5.41 Å². The van der Waals surface area contributed by atoms with Crippen molar-refractivity contribution in [2.45, 2.75) is 19.3 Å². The van der Waals surface area contributed by atoms with Crippen molar-refractivity contribution in [1.29, 1.82) is 0 Å². The molecule has 0 N–H and O–H groups in total. The minimum Gasteiger partial charge on any atom is -0.121 e. The highest BCUT2D eigenvalue weighted by Gasteiger charge is 2.37. The number of fused-ring (bicyclic) bond motifs is 3. The van der Waals surface area contributed by atoms with Crippen LogP contribution in [0.4, 0.5) is 0 Å². The Labute approximate surface area is 96.3 Å². The second-order valence-corrected chi connectivity index (χ2v) is 4.83. The molecule has 0 atom stereocenters. The van der Waals surface area contributed by atoms with Crippen LogP contribution in [-0.4, -0.2) is 0 Å². The van der Waals surface area contributed by atoms with Crippen LogP contribution in [0.5, 0.6) is 0 Å². The molecule has 0 aromatic heterocycles. The summed E-state index contributed by atoms with van der Waals surface area (Å²) in [4.78, 5) is 0. The van der Waals surface area contributed by atoms with Crippen molar-refractivity contribution in [2.24, 2.45) is 0 Å². The number of hydrogen-bond donors (Lipinski definition) is 0. The zero-order valence-electron chi connectivity index (χ0n) is 9.62. The molecule has 0 fully saturated rings. The van der Waals surface area contributed by atoms with Crippen molar-refractivity contribution >= 4 is 5.57 Å². The van der Waals surface area contributed by atoms with Gasteiger partial charge >= 0.3 is 0 Å². The lowest BCUT2D eigenvalue weighted by Gasteiger charge is -2.21. The van der Waals surface area contributed by atoms with Crippen LogP contribution in [0.25, 0.3) is 5.57 Å². The number of benzene rings is 1. The largest absolute Gasteiger partial charge is 0.121 e. The van der Waals surface area contributed by atoms with Crippen LogP contribution in [-0.2, 0) is 5.41 Å². The summed E-state index contributed by atoms with van der Waals surface area (Å²) in [5.41, 5.74) is 8.79. The molecule has 0 spiro atoms. The van der Waals surface area contributed by atoms with Crippen molar-refractivity contribution in [2.75, 3.05) is 0 Å². The van der Waals surface area contributed by atoms with E-state index in [4.69, 9.17) is 0 Å². The Kier molecular flexibility index (Phi) is 1.83. The van der Waals surface area contributed by atoms with Gasteiger partial charge in [-0.25, -0.2) is 0 Å². The van der Waals surface area contributed by atoms with Crippen LogP contribution in [0.15, 0.2) is 59.9 Å². The molecule has 1 aromatic rings. The summed E-state index contributed by atoms with van der Waals surface area (Å²) < 4.78 is 0. The van der Waals surface area contributed by atoms with Gasteiger partial charge in [0.2, 0.25) is 0 Å². The van der Waals surface area contributed by atoms with Crippen molar-refractivity contribution in [3.8, 4) is 0 Å². The fraction of sp³-hybridized carbons (Fsp3) is 0.188. The van der Waals surface area contributed by atoms with Crippen molar-refractivity contribution in [3.63, 3.8) is 0 Å². The highest BCUT2D eigenvalue weighted by atomic mass is 14.4. The lowest BCUT2D eigenvalue weighted by atomic mass is 9.82. The van der Waals surface area contributed by atoms with Gasteiger partial charge in [-0.15, -0.1) is 5.73 Å². The molecule has 0 heterocycles. The van der Waals surface area contributed by atoms with Gasteiger partial charge in [0.15, 0.2) is 0 Å². The first kappa shape index (κ1) is 9.45. The lowest BCUT2D eigenvalue weighted by Crippen LogP contribution is -2.14. The molecule has 16 heavy (non-hydrogen) atoms. The average molecular weight is 206 g/mol. The standard InChI is InChI=1S/C16H14/c1-16(2)14-10-5-3-4-8-12(14)13-9-6-7-11-15(13)16/h4-11H,1-2H3. The SMILES string of the molecule is CC1(C)C2=CC=C=CC=C2c2ccccc21. The second-order valence-electron chi connectivity index (χ2n) is 4.83. The fourth-order valence-corrected chi connectivity index (χ4v) is 2.69. The van der Waals surface area contributed by atoms with Crippen molar-refractivity contribution in [1.82, 2.24) is 0 Å². The quantitative estimate of drug-likeness (QED) is 0.562. The van der Waals surface area contributed by atoms with E-state index in [1.807, 2.05) is 12.2 Å². The molecule has 0 amide bonds. The van der Waals surface area contributed by atoms with Crippen molar-refractivity contribution < 1.29 is 0 Å². The van der Waals surface area contributed by atoms with E-state index in [1.54, 1.807) is 0 Å². The number of hydrogen-bond acceptors (Lipinski definition) is 0. The molecular formula is C16H14. The zero-order chi connectivity index (χ0) is 11.2. The van der Waals surface area contributed by atoms with Gasteiger partial charge in [-0.1, -0.05) is 38.1 Å². The van der Waals surface area contributed by atoms with E-state index in [1.165, 1.54) is 22.3 Å². The summed E-state index contributed by atoms with van der Waals surface area (Å²) in [5.74, 6) is 0. The Hall–Kier alpha value is -1.78. The molecule has 0 heteroatoms. The summed E-state index contributed by atoms with van der Waals surface area (Å²) >= 11 is 0. The van der Waals surface area contributed by atoms with Gasteiger partial charge in [0, 0.05) is 5.41 Å². The molecule has 0 saturated heterocycles. The van der Waals surface area contributed by atoms with Crippen molar-refractivity contribution in [3.05, 3.63) is 71.0 Å². The predicted molar refractivity (Wildman–Crippen MR) is 68.2 cm³/mol. The topological polar surface area (TPSA) is 0 Å². The number of allylic oxidation sites excluding steroid dienone is 5. The third-order valence-corrected chi connectivity index (χ3v) is 3.55. The van der Waals surface area contributed by atoms with Crippen LogP contribution in [0, 0.1) is 0 Å². The van der Waals surface area contributed by atoms with Gasteiger partial charge in [-0.05, 0) is 46.6 Å². The highest BCUT2D eigenvalue weighted by molar-refractivity contribution is 5.90. The molecule has 0 saturated carbocycles. The molecule has 0 aliphatic heterocycles. The fourth-order valence-electron chi connectivity index (χ4n) is 2.69. The molecular weight excluding hydrogens is 192 g/mol. The maximum Gasteiger partial charge on any atom is 0.0159 e. The predicted octanol–water partition coefficient (Wildman–Crippen LogP) is 4.01. The lowest BCUT2D eigenvalue weighted by molar-refractivity contribution is 0.661. The molecule has 2 aliphatic rings. The minimum atomic E-state index is 0.110. The van der Waals surface area contributed by atoms with Crippen LogP contribution in [0.2, 0.25) is 0 Å². The molecule has 78 valence electrons. The maximum atomic E-state index is 3.14. The summed E-state index contributed by atoms with van der Waals surface area (Å²) in [6.45, 7) is 4.58. The summed E-state index contributed by atoms with van der Waals surface area (Å²) in [6.07, 6.45) is 8.36. The Morgan fingerprint density at radius 1 is 1.00 bits per heavy atom. The minimum absolute atomic E-state index is 0.110.